The first kappa shape index (κ1) is 26.3. The van der Waals surface area contributed by atoms with Gasteiger partial charge >= 0.3 is 0 Å². The molecule has 0 fully saturated rings. The first-order valence-corrected chi connectivity index (χ1v) is 13.4. The molecule has 0 aromatic heterocycles. The van der Waals surface area contributed by atoms with Crippen LogP contribution in [0.4, 0.5) is 5.69 Å². The molecule has 0 heterocycles. The fraction of sp³-hybridized carbons (Fsp3) is 0.179. The Balaban J connectivity index is 1.48. The lowest BCUT2D eigenvalue weighted by Crippen LogP contribution is -2.42. The van der Waals surface area contributed by atoms with Gasteiger partial charge in [-0.1, -0.05) is 59.6 Å². The van der Waals surface area contributed by atoms with E-state index >= 15 is 0 Å². The molecule has 4 rings (SSSR count). The average molecular weight is 539 g/mol. The van der Waals surface area contributed by atoms with E-state index in [0.29, 0.717) is 10.8 Å². The van der Waals surface area contributed by atoms with Crippen LogP contribution in [0.25, 0.3) is 10.8 Å². The number of nitrogens with one attached hydrogen (secondary N) is 1. The zero-order chi connectivity index (χ0) is 26.4. The number of anilines is 1. The number of rotatable bonds is 10. The Morgan fingerprint density at radius 3 is 2.41 bits per heavy atom. The Morgan fingerprint density at radius 2 is 1.68 bits per heavy atom. The number of sulfonamides is 1. The van der Waals surface area contributed by atoms with Gasteiger partial charge in [-0.3, -0.25) is 9.10 Å². The summed E-state index contributed by atoms with van der Waals surface area (Å²) in [6.45, 7) is 1.80. The number of aryl methyl sites for hydroxylation is 1. The molecule has 9 heteroatoms. The maximum atomic E-state index is 13.6. The largest absolute Gasteiger partial charge is 0.495 e. The summed E-state index contributed by atoms with van der Waals surface area (Å²) in [5, 5.41) is 5.20. The van der Waals surface area contributed by atoms with E-state index in [-0.39, 0.29) is 29.5 Å². The van der Waals surface area contributed by atoms with Gasteiger partial charge < -0.3 is 14.8 Å². The van der Waals surface area contributed by atoms with Crippen molar-refractivity contribution in [2.45, 2.75) is 11.8 Å². The highest BCUT2D eigenvalue weighted by molar-refractivity contribution is 7.92. The molecule has 1 amide bonds. The Kier molecular flexibility index (Phi) is 8.21. The monoisotopic (exact) mass is 538 g/mol. The van der Waals surface area contributed by atoms with Gasteiger partial charge in [-0.25, -0.2) is 8.42 Å². The smallest absolute Gasteiger partial charge is 0.264 e. The molecule has 0 bridgehead atoms. The number of hydrogen-bond acceptors (Lipinski definition) is 5. The molecule has 1 N–H and O–H groups in total. The van der Waals surface area contributed by atoms with Crippen molar-refractivity contribution in [2.75, 3.05) is 31.1 Å². The van der Waals surface area contributed by atoms with Crippen molar-refractivity contribution in [3.8, 4) is 11.5 Å². The number of benzene rings is 4. The van der Waals surface area contributed by atoms with Crippen molar-refractivity contribution in [3.63, 3.8) is 0 Å². The van der Waals surface area contributed by atoms with Crippen LogP contribution in [0.3, 0.4) is 0 Å². The lowest BCUT2D eigenvalue weighted by Gasteiger charge is -2.26. The maximum absolute atomic E-state index is 13.6. The molecule has 0 radical (unpaired) electrons. The molecular weight excluding hydrogens is 512 g/mol. The number of ether oxygens (including phenoxy) is 2. The first-order valence-electron chi connectivity index (χ1n) is 11.6. The maximum Gasteiger partial charge on any atom is 0.264 e. The third-order valence-electron chi connectivity index (χ3n) is 5.72. The van der Waals surface area contributed by atoms with E-state index in [1.54, 1.807) is 24.3 Å². The predicted molar refractivity (Wildman–Crippen MR) is 146 cm³/mol. The van der Waals surface area contributed by atoms with E-state index in [1.165, 1.54) is 25.3 Å². The Morgan fingerprint density at radius 1 is 0.946 bits per heavy atom. The van der Waals surface area contributed by atoms with Crippen molar-refractivity contribution >= 4 is 44.0 Å². The van der Waals surface area contributed by atoms with Gasteiger partial charge in [0.2, 0.25) is 5.91 Å². The standard InChI is InChI=1S/C28H27ClN2O5S/c1-20-7-12-25(13-8-20)37(33,34)31(26-18-23(29)10-14-27(26)35-2)19-28(32)30-15-16-36-24-11-9-21-5-3-4-6-22(21)17-24/h3-14,17-18H,15-16,19H2,1-2H3,(H,30,32). The number of amides is 1. The van der Waals surface area contributed by atoms with E-state index in [0.717, 1.165) is 20.6 Å². The molecule has 0 aliphatic heterocycles. The van der Waals surface area contributed by atoms with E-state index in [1.807, 2.05) is 49.4 Å². The molecule has 0 unspecified atom stereocenters. The fourth-order valence-corrected chi connectivity index (χ4v) is 5.39. The van der Waals surface area contributed by atoms with Crippen molar-refractivity contribution in [2.24, 2.45) is 0 Å². The van der Waals surface area contributed by atoms with E-state index < -0.39 is 22.5 Å². The quantitative estimate of drug-likeness (QED) is 0.280. The molecule has 0 aliphatic rings. The molecule has 37 heavy (non-hydrogen) atoms. The molecule has 4 aromatic carbocycles. The summed E-state index contributed by atoms with van der Waals surface area (Å²) in [7, 11) is -2.68. The molecular formula is C28H27ClN2O5S. The fourth-order valence-electron chi connectivity index (χ4n) is 3.80. The number of fused-ring (bicyclic) bond motifs is 1. The Labute approximate surface area is 221 Å². The number of carbonyl (C=O) groups excluding carboxylic acids is 1. The predicted octanol–water partition coefficient (Wildman–Crippen LogP) is 5.20. The summed E-state index contributed by atoms with van der Waals surface area (Å²) < 4.78 is 39.4. The zero-order valence-electron chi connectivity index (χ0n) is 20.5. The molecule has 0 saturated carbocycles. The van der Waals surface area contributed by atoms with Crippen LogP contribution in [-0.2, 0) is 14.8 Å². The van der Waals surface area contributed by atoms with Crippen molar-refractivity contribution < 1.29 is 22.7 Å². The molecule has 0 saturated heterocycles. The number of halogens is 1. The summed E-state index contributed by atoms with van der Waals surface area (Å²) in [4.78, 5) is 12.9. The van der Waals surface area contributed by atoms with Gasteiger partial charge in [0.25, 0.3) is 10.0 Å². The highest BCUT2D eigenvalue weighted by atomic mass is 35.5. The van der Waals surface area contributed by atoms with Gasteiger partial charge in [-0.05, 0) is 60.2 Å². The summed E-state index contributed by atoms with van der Waals surface area (Å²) in [5.74, 6) is 0.451. The van der Waals surface area contributed by atoms with E-state index in [4.69, 9.17) is 21.1 Å². The molecule has 0 spiro atoms. The second-order valence-corrected chi connectivity index (χ2v) is 10.6. The lowest BCUT2D eigenvalue weighted by molar-refractivity contribution is -0.119. The number of hydrogen-bond donors (Lipinski definition) is 1. The summed E-state index contributed by atoms with van der Waals surface area (Å²) >= 11 is 6.17. The summed E-state index contributed by atoms with van der Waals surface area (Å²) in [6.07, 6.45) is 0. The van der Waals surface area contributed by atoms with Crippen LogP contribution < -0.4 is 19.1 Å². The third-order valence-corrected chi connectivity index (χ3v) is 7.73. The number of carbonyl (C=O) groups is 1. The van der Waals surface area contributed by atoms with Crippen LogP contribution in [0, 0.1) is 6.92 Å². The topological polar surface area (TPSA) is 84.9 Å². The van der Waals surface area contributed by atoms with Gasteiger partial charge in [-0.15, -0.1) is 0 Å². The zero-order valence-corrected chi connectivity index (χ0v) is 22.1. The van der Waals surface area contributed by atoms with Crippen molar-refractivity contribution in [3.05, 3.63) is 95.5 Å². The molecule has 4 aromatic rings. The highest BCUT2D eigenvalue weighted by Crippen LogP contribution is 2.34. The van der Waals surface area contributed by atoms with Gasteiger partial charge in [0.1, 0.15) is 24.7 Å². The van der Waals surface area contributed by atoms with Crippen LogP contribution in [-0.4, -0.2) is 41.1 Å². The number of nitrogens with zero attached hydrogens (tertiary/aromatic N) is 1. The molecule has 192 valence electrons. The van der Waals surface area contributed by atoms with Crippen LogP contribution in [0.15, 0.2) is 89.8 Å². The van der Waals surface area contributed by atoms with E-state index in [2.05, 4.69) is 5.32 Å². The second kappa shape index (κ2) is 11.5. The van der Waals surface area contributed by atoms with Gasteiger partial charge in [-0.2, -0.15) is 0 Å². The van der Waals surface area contributed by atoms with Crippen LogP contribution in [0.1, 0.15) is 5.56 Å². The minimum Gasteiger partial charge on any atom is -0.495 e. The minimum absolute atomic E-state index is 0.0487. The number of methoxy groups -OCH3 is 1. The highest BCUT2D eigenvalue weighted by Gasteiger charge is 2.29. The van der Waals surface area contributed by atoms with Crippen LogP contribution >= 0.6 is 11.6 Å². The van der Waals surface area contributed by atoms with Gasteiger partial charge in [0, 0.05) is 5.02 Å². The van der Waals surface area contributed by atoms with E-state index in [9.17, 15) is 13.2 Å². The van der Waals surface area contributed by atoms with Crippen LogP contribution in [0.2, 0.25) is 5.02 Å². The van der Waals surface area contributed by atoms with Crippen molar-refractivity contribution in [1.29, 1.82) is 0 Å². The second-order valence-electron chi connectivity index (χ2n) is 8.35. The first-order chi connectivity index (χ1) is 17.8. The normalized spacial score (nSPS) is 11.2. The molecule has 0 atom stereocenters. The van der Waals surface area contributed by atoms with Crippen LogP contribution in [0.5, 0.6) is 11.5 Å². The summed E-state index contributed by atoms with van der Waals surface area (Å²) in [5.41, 5.74) is 1.08. The van der Waals surface area contributed by atoms with Crippen molar-refractivity contribution in [1.82, 2.24) is 5.32 Å². The SMILES string of the molecule is COc1ccc(Cl)cc1N(CC(=O)NCCOc1ccc2ccccc2c1)S(=O)(=O)c1ccc(C)cc1. The summed E-state index contributed by atoms with van der Waals surface area (Å²) in [6, 6.07) is 24.7. The van der Waals surface area contributed by atoms with Gasteiger partial charge in [0.05, 0.1) is 24.2 Å². The lowest BCUT2D eigenvalue weighted by atomic mass is 10.1. The molecule has 0 aliphatic carbocycles. The Bertz CT molecular complexity index is 1510. The average Bonchev–Trinajstić information content (AvgIpc) is 2.90. The van der Waals surface area contributed by atoms with Gasteiger partial charge in [0.15, 0.2) is 0 Å². The Hall–Kier alpha value is -3.75. The minimum atomic E-state index is -4.11. The molecule has 7 nitrogen and oxygen atoms in total. The third kappa shape index (κ3) is 6.34.